The summed E-state index contributed by atoms with van der Waals surface area (Å²) in [6, 6.07) is 0. The van der Waals surface area contributed by atoms with Gasteiger partial charge >= 0.3 is 0 Å². The molecule has 0 atom stereocenters. The van der Waals surface area contributed by atoms with E-state index in [1.54, 1.807) is 0 Å². The van der Waals surface area contributed by atoms with E-state index in [1.165, 1.54) is 0 Å². The van der Waals surface area contributed by atoms with Gasteiger partial charge in [-0.1, -0.05) is 0 Å². The Hall–Kier alpha value is -0.130. The minimum atomic E-state index is -3.29. The summed E-state index contributed by atoms with van der Waals surface area (Å²) in [7, 11) is -3.29. The molecule has 0 bridgehead atoms. The monoisotopic (exact) mass is 137 g/mol. The van der Waals surface area contributed by atoms with Crippen LogP contribution in [0.25, 0.3) is 0 Å². The molecule has 0 radical (unpaired) electrons. The minimum Gasteiger partial charge on any atom is -0.378 e. The average Bonchev–Trinajstić information content (AvgIpc) is 1.16. The van der Waals surface area contributed by atoms with E-state index in [9.17, 15) is 8.42 Å². The summed E-state index contributed by atoms with van der Waals surface area (Å²) < 4.78 is 25.2. The molecule has 0 aromatic heterocycles. The van der Waals surface area contributed by atoms with Crippen molar-refractivity contribution in [3.8, 4) is 0 Å². The molecule has 1 rings (SSSR count). The first kappa shape index (κ1) is 6.00. The van der Waals surface area contributed by atoms with Gasteiger partial charge in [-0.15, -0.1) is 0 Å². The van der Waals surface area contributed by atoms with Crippen molar-refractivity contribution in [2.75, 3.05) is 13.2 Å². The lowest BCUT2D eigenvalue weighted by atomic mass is 10.4. The van der Waals surface area contributed by atoms with E-state index >= 15 is 0 Å². The Balaban J connectivity index is 2.60. The van der Waals surface area contributed by atoms with Crippen LogP contribution >= 0.6 is 0 Å². The molecule has 0 aromatic carbocycles. The van der Waals surface area contributed by atoms with E-state index in [0.717, 1.165) is 0 Å². The highest BCUT2D eigenvalue weighted by molar-refractivity contribution is 7.89. The van der Waals surface area contributed by atoms with Crippen LogP contribution < -0.4 is 5.14 Å². The fourth-order valence-electron chi connectivity index (χ4n) is 0.404. The maximum Gasteiger partial charge on any atom is 0.216 e. The van der Waals surface area contributed by atoms with Crippen LogP contribution in [-0.2, 0) is 14.8 Å². The predicted octanol–water partition coefficient (Wildman–Crippen LogP) is -1.33. The lowest BCUT2D eigenvalue weighted by molar-refractivity contribution is 0.0416. The number of rotatable bonds is 1. The van der Waals surface area contributed by atoms with Gasteiger partial charge in [0, 0.05) is 0 Å². The van der Waals surface area contributed by atoms with Crippen molar-refractivity contribution >= 4 is 10.0 Å². The van der Waals surface area contributed by atoms with Gasteiger partial charge in [-0.05, 0) is 0 Å². The summed E-state index contributed by atoms with van der Waals surface area (Å²) in [5.41, 5.74) is 0. The minimum absolute atomic E-state index is 0.263. The number of sulfonamides is 1. The Morgan fingerprint density at radius 1 is 1.50 bits per heavy atom. The van der Waals surface area contributed by atoms with Gasteiger partial charge in [0.15, 0.2) is 0 Å². The Morgan fingerprint density at radius 3 is 2.00 bits per heavy atom. The van der Waals surface area contributed by atoms with Gasteiger partial charge in [0.1, 0.15) is 5.25 Å². The summed E-state index contributed by atoms with van der Waals surface area (Å²) in [5, 5.41) is 4.29. The Kier molecular flexibility index (Phi) is 1.26. The maximum atomic E-state index is 10.3. The van der Waals surface area contributed by atoms with Crippen molar-refractivity contribution < 1.29 is 13.2 Å². The van der Waals surface area contributed by atoms with E-state index < -0.39 is 15.3 Å². The molecule has 1 fully saturated rings. The first-order chi connectivity index (χ1) is 3.61. The van der Waals surface area contributed by atoms with Gasteiger partial charge in [-0.3, -0.25) is 0 Å². The fraction of sp³-hybridized carbons (Fsp3) is 1.00. The molecular weight excluding hydrogens is 130 g/mol. The highest BCUT2D eigenvalue weighted by atomic mass is 32.2. The van der Waals surface area contributed by atoms with Crippen LogP contribution in [0.4, 0.5) is 0 Å². The molecule has 1 aliphatic rings. The van der Waals surface area contributed by atoms with Gasteiger partial charge in [-0.25, -0.2) is 13.6 Å². The van der Waals surface area contributed by atoms with E-state index in [1.807, 2.05) is 0 Å². The molecule has 0 spiro atoms. The fourth-order valence-corrected chi connectivity index (χ4v) is 0.976. The predicted molar refractivity (Wildman–Crippen MR) is 27.7 cm³/mol. The SMILES string of the molecule is NS(=O)(=O)C1COC1. The van der Waals surface area contributed by atoms with Crippen LogP contribution in [0.15, 0.2) is 0 Å². The van der Waals surface area contributed by atoms with Crippen LogP contribution in [0.2, 0.25) is 0 Å². The molecule has 4 nitrogen and oxygen atoms in total. The summed E-state index contributed by atoms with van der Waals surface area (Å²) in [6.07, 6.45) is 0. The Labute approximate surface area is 47.7 Å². The zero-order chi connectivity index (χ0) is 6.20. The van der Waals surface area contributed by atoms with Crippen LogP contribution in [0, 0.1) is 0 Å². The third-order valence-electron chi connectivity index (χ3n) is 1.07. The Bertz CT molecular complexity index is 169. The van der Waals surface area contributed by atoms with Crippen molar-refractivity contribution in [1.29, 1.82) is 0 Å². The molecule has 0 aliphatic carbocycles. The van der Waals surface area contributed by atoms with E-state index in [4.69, 9.17) is 5.14 Å². The standard InChI is InChI=1S/C3H7NO3S/c4-8(5,6)3-1-7-2-3/h3H,1-2H2,(H2,4,5,6). The van der Waals surface area contributed by atoms with Crippen LogP contribution in [0.5, 0.6) is 0 Å². The summed E-state index contributed by atoms with van der Waals surface area (Å²) in [6.45, 7) is 0.525. The number of ether oxygens (including phenoxy) is 1. The average molecular weight is 137 g/mol. The van der Waals surface area contributed by atoms with Crippen molar-refractivity contribution in [3.63, 3.8) is 0 Å². The summed E-state index contributed by atoms with van der Waals surface area (Å²) >= 11 is 0. The summed E-state index contributed by atoms with van der Waals surface area (Å²) in [4.78, 5) is 0. The zero-order valence-electron chi connectivity index (χ0n) is 4.20. The molecule has 0 saturated carbocycles. The molecule has 0 aromatic rings. The normalized spacial score (nSPS) is 22.6. The number of primary sulfonamides is 1. The van der Waals surface area contributed by atoms with Gasteiger partial charge in [0.05, 0.1) is 13.2 Å². The second-order valence-corrected chi connectivity index (χ2v) is 3.59. The molecule has 0 unspecified atom stereocenters. The molecular formula is C3H7NO3S. The zero-order valence-corrected chi connectivity index (χ0v) is 5.02. The lowest BCUT2D eigenvalue weighted by Gasteiger charge is -2.22. The van der Waals surface area contributed by atoms with Gasteiger partial charge in [0.25, 0.3) is 0 Å². The first-order valence-electron chi connectivity index (χ1n) is 2.20. The van der Waals surface area contributed by atoms with Crippen molar-refractivity contribution in [2.24, 2.45) is 5.14 Å². The van der Waals surface area contributed by atoms with Gasteiger partial charge in [0.2, 0.25) is 10.0 Å². The molecule has 48 valence electrons. The third kappa shape index (κ3) is 0.988. The summed E-state index contributed by atoms with van der Waals surface area (Å²) in [5.74, 6) is 0. The maximum absolute atomic E-state index is 10.3. The number of hydrogen-bond acceptors (Lipinski definition) is 3. The van der Waals surface area contributed by atoms with E-state index in [2.05, 4.69) is 4.74 Å². The second-order valence-electron chi connectivity index (χ2n) is 1.75. The van der Waals surface area contributed by atoms with Crippen LogP contribution in [0.1, 0.15) is 0 Å². The smallest absolute Gasteiger partial charge is 0.216 e. The number of nitrogens with two attached hydrogens (primary N) is 1. The second kappa shape index (κ2) is 1.68. The molecule has 8 heavy (non-hydrogen) atoms. The molecule has 1 aliphatic heterocycles. The van der Waals surface area contributed by atoms with Crippen molar-refractivity contribution in [2.45, 2.75) is 5.25 Å². The van der Waals surface area contributed by atoms with Crippen molar-refractivity contribution in [3.05, 3.63) is 0 Å². The molecule has 1 heterocycles. The third-order valence-corrected chi connectivity index (χ3v) is 2.27. The molecule has 0 amide bonds. The molecule has 5 heteroatoms. The molecule has 2 N–H and O–H groups in total. The van der Waals surface area contributed by atoms with Crippen LogP contribution in [-0.4, -0.2) is 26.9 Å². The number of hydrogen-bond donors (Lipinski definition) is 1. The highest BCUT2D eigenvalue weighted by Gasteiger charge is 2.28. The quantitative estimate of drug-likeness (QED) is 0.487. The van der Waals surface area contributed by atoms with E-state index in [0.29, 0.717) is 0 Å². The Morgan fingerprint density at radius 2 is 2.00 bits per heavy atom. The lowest BCUT2D eigenvalue weighted by Crippen LogP contribution is -2.44. The van der Waals surface area contributed by atoms with Crippen molar-refractivity contribution in [1.82, 2.24) is 0 Å². The van der Waals surface area contributed by atoms with Crippen LogP contribution in [0.3, 0.4) is 0 Å². The largest absolute Gasteiger partial charge is 0.378 e. The first-order valence-corrected chi connectivity index (χ1v) is 3.81. The highest BCUT2D eigenvalue weighted by Crippen LogP contribution is 2.06. The topological polar surface area (TPSA) is 69.4 Å². The molecule has 1 saturated heterocycles. The van der Waals surface area contributed by atoms with E-state index in [-0.39, 0.29) is 13.2 Å². The van der Waals surface area contributed by atoms with Gasteiger partial charge < -0.3 is 4.74 Å². The van der Waals surface area contributed by atoms with Gasteiger partial charge in [-0.2, -0.15) is 0 Å².